The lowest BCUT2D eigenvalue weighted by Crippen LogP contribution is -2.11. The third-order valence-electron chi connectivity index (χ3n) is 2.81. The van der Waals surface area contributed by atoms with Gasteiger partial charge in [-0.25, -0.2) is 0 Å². The number of nitro groups is 1. The number of carbonyl (C=O) groups is 1. The highest BCUT2D eigenvalue weighted by atomic mass is 16.6. The van der Waals surface area contributed by atoms with E-state index in [1.165, 1.54) is 12.1 Å². The van der Waals surface area contributed by atoms with Crippen molar-refractivity contribution >= 4 is 11.6 Å². The Kier molecular flexibility index (Phi) is 4.57. The second-order valence-electron chi connectivity index (χ2n) is 4.29. The van der Waals surface area contributed by atoms with E-state index in [9.17, 15) is 14.9 Å². The van der Waals surface area contributed by atoms with Crippen molar-refractivity contribution in [3.8, 4) is 17.2 Å². The summed E-state index contributed by atoms with van der Waals surface area (Å²) in [4.78, 5) is 21.6. The third kappa shape index (κ3) is 3.32. The van der Waals surface area contributed by atoms with Crippen molar-refractivity contribution in [3.63, 3.8) is 0 Å². The Bertz CT molecular complexity index is 715. The van der Waals surface area contributed by atoms with Gasteiger partial charge in [-0.1, -0.05) is 12.1 Å². The molecule has 0 saturated carbocycles. The van der Waals surface area contributed by atoms with Crippen molar-refractivity contribution in [2.45, 2.75) is 6.92 Å². The van der Waals surface area contributed by atoms with Gasteiger partial charge in [0.2, 0.25) is 11.7 Å². The van der Waals surface area contributed by atoms with Crippen molar-refractivity contribution in [2.24, 2.45) is 5.73 Å². The van der Waals surface area contributed by atoms with E-state index < -0.39 is 10.8 Å². The summed E-state index contributed by atoms with van der Waals surface area (Å²) in [6.45, 7) is 2.25. The normalized spacial score (nSPS) is 10.0. The minimum atomic E-state index is -0.746. The number of para-hydroxylation sites is 2. The molecule has 0 atom stereocenters. The zero-order valence-electron chi connectivity index (χ0n) is 11.8. The van der Waals surface area contributed by atoms with Crippen LogP contribution in [0.3, 0.4) is 0 Å². The Balaban J connectivity index is 2.41. The highest BCUT2D eigenvalue weighted by Crippen LogP contribution is 2.36. The molecule has 0 saturated heterocycles. The fourth-order valence-electron chi connectivity index (χ4n) is 1.83. The van der Waals surface area contributed by atoms with Crippen LogP contribution in [-0.4, -0.2) is 17.4 Å². The number of benzene rings is 2. The minimum Gasteiger partial charge on any atom is -0.490 e. The number of rotatable bonds is 6. The average Bonchev–Trinajstić information content (AvgIpc) is 2.49. The van der Waals surface area contributed by atoms with E-state index in [2.05, 4.69) is 0 Å². The second-order valence-corrected chi connectivity index (χ2v) is 4.29. The molecular formula is C15H14N2O5. The fourth-order valence-corrected chi connectivity index (χ4v) is 1.83. The molecule has 0 aliphatic heterocycles. The van der Waals surface area contributed by atoms with Crippen LogP contribution in [0.4, 0.5) is 5.69 Å². The Morgan fingerprint density at radius 2 is 1.86 bits per heavy atom. The lowest BCUT2D eigenvalue weighted by atomic mass is 10.2. The number of hydrogen-bond donors (Lipinski definition) is 1. The van der Waals surface area contributed by atoms with E-state index in [0.717, 1.165) is 6.07 Å². The van der Waals surface area contributed by atoms with Crippen molar-refractivity contribution in [3.05, 3.63) is 58.1 Å². The Morgan fingerprint density at radius 3 is 2.45 bits per heavy atom. The van der Waals surface area contributed by atoms with Gasteiger partial charge in [0.05, 0.1) is 11.5 Å². The zero-order chi connectivity index (χ0) is 16.1. The van der Waals surface area contributed by atoms with Gasteiger partial charge >= 0.3 is 5.69 Å². The van der Waals surface area contributed by atoms with E-state index >= 15 is 0 Å². The number of primary amides is 1. The summed E-state index contributed by atoms with van der Waals surface area (Å²) in [5, 5.41) is 11.1. The molecule has 0 bridgehead atoms. The predicted octanol–water partition coefficient (Wildman–Crippen LogP) is 2.88. The molecule has 7 heteroatoms. The van der Waals surface area contributed by atoms with Crippen molar-refractivity contribution in [2.75, 3.05) is 6.61 Å². The van der Waals surface area contributed by atoms with Crippen LogP contribution in [0.15, 0.2) is 42.5 Å². The van der Waals surface area contributed by atoms with Crippen molar-refractivity contribution in [1.82, 2.24) is 0 Å². The quantitative estimate of drug-likeness (QED) is 0.652. The van der Waals surface area contributed by atoms with E-state index in [4.69, 9.17) is 15.2 Å². The van der Waals surface area contributed by atoms with Gasteiger partial charge in [0.15, 0.2) is 11.5 Å². The van der Waals surface area contributed by atoms with Crippen LogP contribution < -0.4 is 15.2 Å². The number of amides is 1. The monoisotopic (exact) mass is 302 g/mol. The van der Waals surface area contributed by atoms with Crippen LogP contribution in [0.25, 0.3) is 0 Å². The van der Waals surface area contributed by atoms with Gasteiger partial charge in [-0.15, -0.1) is 0 Å². The molecule has 0 spiro atoms. The molecule has 0 unspecified atom stereocenters. The number of carbonyl (C=O) groups excluding carboxylic acids is 1. The Morgan fingerprint density at radius 1 is 1.18 bits per heavy atom. The first-order valence-corrected chi connectivity index (χ1v) is 6.51. The van der Waals surface area contributed by atoms with E-state index in [0.29, 0.717) is 18.1 Å². The SMILES string of the molecule is CCOc1ccccc1Oc1ccc(C(N)=O)cc1[N+](=O)[O-]. The summed E-state index contributed by atoms with van der Waals surface area (Å²) in [6, 6.07) is 10.6. The largest absolute Gasteiger partial charge is 0.490 e. The maximum atomic E-state index is 11.1. The average molecular weight is 302 g/mol. The maximum Gasteiger partial charge on any atom is 0.312 e. The molecule has 2 N–H and O–H groups in total. The maximum absolute atomic E-state index is 11.1. The van der Waals surface area contributed by atoms with Gasteiger partial charge in [-0.3, -0.25) is 14.9 Å². The van der Waals surface area contributed by atoms with Crippen molar-refractivity contribution in [1.29, 1.82) is 0 Å². The smallest absolute Gasteiger partial charge is 0.312 e. The highest BCUT2D eigenvalue weighted by Gasteiger charge is 2.19. The van der Waals surface area contributed by atoms with Crippen LogP contribution in [0.1, 0.15) is 17.3 Å². The summed E-state index contributed by atoms with van der Waals surface area (Å²) in [7, 11) is 0. The third-order valence-corrected chi connectivity index (χ3v) is 2.81. The number of hydrogen-bond acceptors (Lipinski definition) is 5. The molecule has 2 rings (SSSR count). The summed E-state index contributed by atoms with van der Waals surface area (Å²) >= 11 is 0. The van der Waals surface area contributed by atoms with Crippen LogP contribution in [0, 0.1) is 10.1 Å². The van der Waals surface area contributed by atoms with Gasteiger partial charge < -0.3 is 15.2 Å². The molecule has 0 aliphatic carbocycles. The molecule has 114 valence electrons. The molecule has 1 amide bonds. The van der Waals surface area contributed by atoms with Gasteiger partial charge in [-0.2, -0.15) is 0 Å². The summed E-state index contributed by atoms with van der Waals surface area (Å²) in [6.07, 6.45) is 0. The lowest BCUT2D eigenvalue weighted by molar-refractivity contribution is -0.385. The van der Waals surface area contributed by atoms with Gasteiger partial charge in [0, 0.05) is 11.6 Å². The summed E-state index contributed by atoms with van der Waals surface area (Å²) < 4.78 is 11.0. The first-order valence-electron chi connectivity index (χ1n) is 6.51. The molecular weight excluding hydrogens is 288 g/mol. The first kappa shape index (κ1) is 15.3. The molecule has 0 heterocycles. The molecule has 0 aliphatic rings. The first-order chi connectivity index (χ1) is 10.5. The van der Waals surface area contributed by atoms with Crippen LogP contribution in [0.2, 0.25) is 0 Å². The summed E-state index contributed by atoms with van der Waals surface area (Å²) in [5.74, 6) is 0.0732. The Labute approximate surface area is 126 Å². The molecule has 2 aromatic carbocycles. The number of ether oxygens (including phenoxy) is 2. The highest BCUT2D eigenvalue weighted by molar-refractivity contribution is 5.93. The van der Waals surface area contributed by atoms with Crippen LogP contribution >= 0.6 is 0 Å². The van der Waals surface area contributed by atoms with Crippen molar-refractivity contribution < 1.29 is 19.2 Å². The molecule has 0 radical (unpaired) electrons. The van der Waals surface area contributed by atoms with Gasteiger partial charge in [0.25, 0.3) is 0 Å². The Hall–Kier alpha value is -3.09. The van der Waals surface area contributed by atoms with Gasteiger partial charge in [0.1, 0.15) is 0 Å². The van der Waals surface area contributed by atoms with E-state index in [-0.39, 0.29) is 17.0 Å². The predicted molar refractivity (Wildman–Crippen MR) is 79.3 cm³/mol. The molecule has 7 nitrogen and oxygen atoms in total. The van der Waals surface area contributed by atoms with Crippen LogP contribution in [0.5, 0.6) is 17.2 Å². The standard InChI is InChI=1S/C15H14N2O5/c1-2-21-13-5-3-4-6-14(13)22-12-8-7-10(15(16)18)9-11(12)17(19)20/h3-9H,2H2,1H3,(H2,16,18). The van der Waals surface area contributed by atoms with Gasteiger partial charge in [-0.05, 0) is 31.2 Å². The van der Waals surface area contributed by atoms with Crippen LogP contribution in [-0.2, 0) is 0 Å². The number of nitrogens with two attached hydrogens (primary N) is 1. The summed E-state index contributed by atoms with van der Waals surface area (Å²) in [5.41, 5.74) is 4.82. The fraction of sp³-hybridized carbons (Fsp3) is 0.133. The molecule has 22 heavy (non-hydrogen) atoms. The van der Waals surface area contributed by atoms with E-state index in [1.807, 2.05) is 6.92 Å². The molecule has 2 aromatic rings. The lowest BCUT2D eigenvalue weighted by Gasteiger charge is -2.11. The number of nitro benzene ring substituents is 1. The zero-order valence-corrected chi connectivity index (χ0v) is 11.8. The number of nitrogens with zero attached hydrogens (tertiary/aromatic N) is 1. The minimum absolute atomic E-state index is 0.00199. The molecule has 0 fully saturated rings. The molecule has 0 aromatic heterocycles. The topological polar surface area (TPSA) is 105 Å². The second kappa shape index (κ2) is 6.57. The van der Waals surface area contributed by atoms with E-state index in [1.54, 1.807) is 24.3 Å².